The van der Waals surface area contributed by atoms with Crippen molar-refractivity contribution in [2.75, 3.05) is 12.8 Å². The molecule has 150 valence electrons. The fourth-order valence-corrected chi connectivity index (χ4v) is 4.72. The zero-order valence-electron chi connectivity index (χ0n) is 16.7. The Morgan fingerprint density at radius 2 is 1.66 bits per heavy atom. The predicted octanol–water partition coefficient (Wildman–Crippen LogP) is 4.82. The van der Waals surface area contributed by atoms with Gasteiger partial charge in [-0.3, -0.25) is 9.36 Å². The van der Waals surface area contributed by atoms with Crippen LogP contribution in [-0.2, 0) is 4.79 Å². The molecule has 0 spiro atoms. The number of carbonyl (C=O) groups excluding carboxylic acids is 1. The quantitative estimate of drug-likeness (QED) is 0.551. The van der Waals surface area contributed by atoms with Crippen LogP contribution in [0.2, 0.25) is 0 Å². The molecule has 1 aliphatic rings. The van der Waals surface area contributed by atoms with Crippen molar-refractivity contribution in [3.63, 3.8) is 0 Å². The van der Waals surface area contributed by atoms with E-state index in [-0.39, 0.29) is 5.91 Å². The number of hydrogen-bond donors (Lipinski definition) is 0. The van der Waals surface area contributed by atoms with Gasteiger partial charge in [0.1, 0.15) is 0 Å². The van der Waals surface area contributed by atoms with E-state index in [1.54, 1.807) is 0 Å². The number of carbonyl (C=O) groups is 1. The molecule has 1 saturated carbocycles. The lowest BCUT2D eigenvalue weighted by atomic mass is 9.94. The third-order valence-corrected chi connectivity index (χ3v) is 6.43. The third kappa shape index (κ3) is 4.53. The van der Waals surface area contributed by atoms with Crippen molar-refractivity contribution in [3.05, 3.63) is 60.7 Å². The van der Waals surface area contributed by atoms with Gasteiger partial charge in [-0.05, 0) is 25.0 Å². The standard InChI is InChI=1S/C23H26N4OS/c1-26(19-13-7-3-8-14-19)21(28)17-29-23-25-24-22(18-11-5-2-6-12-18)27(23)20-15-9-4-10-16-20/h2,4-6,9-12,15-16,19H,3,7-8,13-14,17H2,1H3. The summed E-state index contributed by atoms with van der Waals surface area (Å²) in [5.74, 6) is 1.31. The average molecular weight is 407 g/mol. The lowest BCUT2D eigenvalue weighted by Gasteiger charge is -2.31. The molecule has 0 N–H and O–H groups in total. The van der Waals surface area contributed by atoms with Gasteiger partial charge in [0.2, 0.25) is 5.91 Å². The van der Waals surface area contributed by atoms with E-state index in [9.17, 15) is 4.79 Å². The molecule has 1 amide bonds. The molecular weight excluding hydrogens is 380 g/mol. The molecule has 2 aromatic carbocycles. The second-order valence-corrected chi connectivity index (χ2v) is 8.37. The Kier molecular flexibility index (Phi) is 6.30. The maximum atomic E-state index is 12.8. The molecule has 4 rings (SSSR count). The Balaban J connectivity index is 1.56. The van der Waals surface area contributed by atoms with Gasteiger partial charge in [-0.25, -0.2) is 0 Å². The first-order chi connectivity index (χ1) is 14.2. The molecule has 0 bridgehead atoms. The zero-order chi connectivity index (χ0) is 20.1. The molecule has 0 radical (unpaired) electrons. The monoisotopic (exact) mass is 406 g/mol. The van der Waals surface area contributed by atoms with Crippen molar-refractivity contribution in [1.82, 2.24) is 19.7 Å². The van der Waals surface area contributed by atoms with Gasteiger partial charge in [-0.1, -0.05) is 79.6 Å². The van der Waals surface area contributed by atoms with Gasteiger partial charge in [0.05, 0.1) is 5.75 Å². The second kappa shape index (κ2) is 9.27. The molecule has 0 atom stereocenters. The van der Waals surface area contributed by atoms with Crippen molar-refractivity contribution in [2.24, 2.45) is 0 Å². The number of benzene rings is 2. The van der Waals surface area contributed by atoms with Crippen LogP contribution in [0.3, 0.4) is 0 Å². The summed E-state index contributed by atoms with van der Waals surface area (Å²) in [6.07, 6.45) is 5.96. The van der Waals surface area contributed by atoms with Crippen LogP contribution < -0.4 is 0 Å². The van der Waals surface area contributed by atoms with Crippen molar-refractivity contribution in [1.29, 1.82) is 0 Å². The van der Waals surface area contributed by atoms with E-state index in [1.165, 1.54) is 31.0 Å². The SMILES string of the molecule is CN(C(=O)CSc1nnc(-c2ccccc2)n1-c1ccccc1)C1CCCCC1. The fraction of sp³-hybridized carbons (Fsp3) is 0.348. The Morgan fingerprint density at radius 1 is 1.00 bits per heavy atom. The van der Waals surface area contributed by atoms with Crippen molar-refractivity contribution < 1.29 is 4.79 Å². The summed E-state index contributed by atoms with van der Waals surface area (Å²) in [5, 5.41) is 9.60. The summed E-state index contributed by atoms with van der Waals surface area (Å²) < 4.78 is 2.04. The Bertz CT molecular complexity index is 936. The molecule has 3 aromatic rings. The zero-order valence-corrected chi connectivity index (χ0v) is 17.5. The van der Waals surface area contributed by atoms with Crippen molar-refractivity contribution in [3.8, 4) is 17.1 Å². The highest BCUT2D eigenvalue weighted by molar-refractivity contribution is 7.99. The largest absolute Gasteiger partial charge is 0.342 e. The van der Waals surface area contributed by atoms with Gasteiger partial charge >= 0.3 is 0 Å². The molecule has 5 nitrogen and oxygen atoms in total. The number of thioether (sulfide) groups is 1. The predicted molar refractivity (Wildman–Crippen MR) is 117 cm³/mol. The minimum Gasteiger partial charge on any atom is -0.342 e. The van der Waals surface area contributed by atoms with Crippen LogP contribution in [0.4, 0.5) is 0 Å². The van der Waals surface area contributed by atoms with Crippen molar-refractivity contribution >= 4 is 17.7 Å². The van der Waals surface area contributed by atoms with E-state index in [0.29, 0.717) is 11.8 Å². The first kappa shape index (κ1) is 19.7. The molecule has 0 saturated heterocycles. The molecule has 1 heterocycles. The summed E-state index contributed by atoms with van der Waals surface area (Å²) in [6, 6.07) is 20.5. The molecule has 0 aliphatic heterocycles. The van der Waals surface area contributed by atoms with Crippen LogP contribution in [0.5, 0.6) is 0 Å². The van der Waals surface area contributed by atoms with Crippen molar-refractivity contribution in [2.45, 2.75) is 43.3 Å². The number of aromatic nitrogens is 3. The molecular formula is C23H26N4OS. The summed E-state index contributed by atoms with van der Waals surface area (Å²) in [7, 11) is 1.94. The van der Waals surface area contributed by atoms with Gasteiger partial charge in [0, 0.05) is 24.3 Å². The number of hydrogen-bond acceptors (Lipinski definition) is 4. The van der Waals surface area contributed by atoms with Crippen LogP contribution >= 0.6 is 11.8 Å². The fourth-order valence-electron chi connectivity index (χ4n) is 3.85. The number of amides is 1. The summed E-state index contributed by atoms with van der Waals surface area (Å²) >= 11 is 1.46. The van der Waals surface area contributed by atoms with Gasteiger partial charge in [0.15, 0.2) is 11.0 Å². The highest BCUT2D eigenvalue weighted by atomic mass is 32.2. The normalized spacial score (nSPS) is 14.7. The topological polar surface area (TPSA) is 51.0 Å². The molecule has 0 unspecified atom stereocenters. The molecule has 6 heteroatoms. The second-order valence-electron chi connectivity index (χ2n) is 7.43. The number of rotatable bonds is 6. The first-order valence-corrected chi connectivity index (χ1v) is 11.2. The van der Waals surface area contributed by atoms with Gasteiger partial charge in [0.25, 0.3) is 0 Å². The Hall–Kier alpha value is -2.60. The van der Waals surface area contributed by atoms with E-state index >= 15 is 0 Å². The smallest absolute Gasteiger partial charge is 0.233 e. The maximum absolute atomic E-state index is 12.8. The van der Waals surface area contributed by atoms with Crippen LogP contribution in [0.1, 0.15) is 32.1 Å². The summed E-state index contributed by atoms with van der Waals surface area (Å²) in [6.45, 7) is 0. The van der Waals surface area contributed by atoms with Gasteiger partial charge < -0.3 is 4.90 Å². The van der Waals surface area contributed by atoms with Crippen LogP contribution in [0.25, 0.3) is 17.1 Å². The van der Waals surface area contributed by atoms with Crippen LogP contribution in [0, 0.1) is 0 Å². The van der Waals surface area contributed by atoms with E-state index in [1.807, 2.05) is 77.2 Å². The number of para-hydroxylation sites is 1. The molecule has 29 heavy (non-hydrogen) atoms. The van der Waals surface area contributed by atoms with E-state index in [0.717, 1.165) is 35.1 Å². The van der Waals surface area contributed by atoms with Crippen LogP contribution in [0.15, 0.2) is 65.8 Å². The Morgan fingerprint density at radius 3 is 2.34 bits per heavy atom. The highest BCUT2D eigenvalue weighted by Gasteiger charge is 2.23. The maximum Gasteiger partial charge on any atom is 0.233 e. The molecule has 1 fully saturated rings. The summed E-state index contributed by atoms with van der Waals surface area (Å²) in [4.78, 5) is 14.7. The average Bonchev–Trinajstić information content (AvgIpc) is 3.22. The van der Waals surface area contributed by atoms with E-state index in [4.69, 9.17) is 0 Å². The first-order valence-electron chi connectivity index (χ1n) is 10.2. The Labute approximate surface area is 176 Å². The lowest BCUT2D eigenvalue weighted by Crippen LogP contribution is -2.39. The molecule has 1 aliphatic carbocycles. The minimum absolute atomic E-state index is 0.158. The summed E-state index contributed by atoms with van der Waals surface area (Å²) in [5.41, 5.74) is 1.99. The lowest BCUT2D eigenvalue weighted by molar-refractivity contribution is -0.129. The highest BCUT2D eigenvalue weighted by Crippen LogP contribution is 2.28. The van der Waals surface area contributed by atoms with E-state index < -0.39 is 0 Å². The van der Waals surface area contributed by atoms with Gasteiger partial charge in [-0.2, -0.15) is 0 Å². The third-order valence-electron chi connectivity index (χ3n) is 5.52. The minimum atomic E-state index is 0.158. The van der Waals surface area contributed by atoms with Crippen LogP contribution in [-0.4, -0.2) is 44.4 Å². The number of nitrogens with zero attached hydrogens (tertiary/aromatic N) is 4. The molecule has 1 aromatic heterocycles. The van der Waals surface area contributed by atoms with Gasteiger partial charge in [-0.15, -0.1) is 10.2 Å². The van der Waals surface area contributed by atoms with E-state index in [2.05, 4.69) is 10.2 Å².